The number of nitrogens with zero attached hydrogens (tertiary/aromatic N) is 1. The molecule has 3 heteroatoms. The summed E-state index contributed by atoms with van der Waals surface area (Å²) in [7, 11) is 0. The lowest BCUT2D eigenvalue weighted by molar-refractivity contribution is -0.138. The quantitative estimate of drug-likeness (QED) is 0.730. The summed E-state index contributed by atoms with van der Waals surface area (Å²) in [5.74, 6) is 1.62. The Hall–Kier alpha value is -1.25. The van der Waals surface area contributed by atoms with Crippen molar-refractivity contribution in [2.75, 3.05) is 13.1 Å². The van der Waals surface area contributed by atoms with Crippen molar-refractivity contribution in [1.82, 2.24) is 4.90 Å². The molecule has 16 heavy (non-hydrogen) atoms. The molecule has 2 heterocycles. The normalized spacial score (nSPS) is 21.4. The molecular weight excluding hydrogens is 202 g/mol. The van der Waals surface area contributed by atoms with Gasteiger partial charge in [-0.05, 0) is 18.6 Å². The molecule has 2 rings (SSSR count). The smallest absolute Gasteiger partial charge is 0.227 e. The van der Waals surface area contributed by atoms with Gasteiger partial charge in [0.25, 0.3) is 0 Å². The number of rotatable bonds is 1. The van der Waals surface area contributed by atoms with Crippen LogP contribution < -0.4 is 0 Å². The lowest BCUT2D eigenvalue weighted by Gasteiger charge is -2.25. The Labute approximate surface area is 96.4 Å². The first-order valence-corrected chi connectivity index (χ1v) is 5.81. The van der Waals surface area contributed by atoms with E-state index in [2.05, 4.69) is 0 Å². The van der Waals surface area contributed by atoms with E-state index in [0.29, 0.717) is 5.92 Å². The molecule has 1 atom stereocenters. The van der Waals surface area contributed by atoms with Gasteiger partial charge in [0.1, 0.15) is 5.76 Å². The first-order valence-electron chi connectivity index (χ1n) is 5.81. The molecule has 0 bridgehead atoms. The Balaban J connectivity index is 2.01. The molecule has 0 aliphatic carbocycles. The summed E-state index contributed by atoms with van der Waals surface area (Å²) in [5, 5.41) is 0. The average molecular weight is 221 g/mol. The minimum absolute atomic E-state index is 0.238. The van der Waals surface area contributed by atoms with Crippen molar-refractivity contribution in [3.63, 3.8) is 0 Å². The molecule has 3 nitrogen and oxygen atoms in total. The van der Waals surface area contributed by atoms with Gasteiger partial charge in [-0.3, -0.25) is 4.79 Å². The van der Waals surface area contributed by atoms with Crippen LogP contribution in [0.1, 0.15) is 38.9 Å². The molecule has 1 aromatic heterocycles. The molecule has 1 amide bonds. The van der Waals surface area contributed by atoms with Crippen LogP contribution in [0.15, 0.2) is 22.8 Å². The van der Waals surface area contributed by atoms with E-state index in [-0.39, 0.29) is 11.3 Å². The molecule has 1 unspecified atom stereocenters. The molecule has 1 aromatic rings. The zero-order valence-corrected chi connectivity index (χ0v) is 10.2. The summed E-state index contributed by atoms with van der Waals surface area (Å²) >= 11 is 0. The number of carbonyl (C=O) groups is 1. The summed E-state index contributed by atoms with van der Waals surface area (Å²) in [6.07, 6.45) is 2.71. The molecule has 1 saturated heterocycles. The van der Waals surface area contributed by atoms with E-state index in [4.69, 9.17) is 4.42 Å². The van der Waals surface area contributed by atoms with Gasteiger partial charge >= 0.3 is 0 Å². The third kappa shape index (κ3) is 2.13. The molecule has 88 valence electrons. The Bertz CT molecular complexity index is 362. The highest BCUT2D eigenvalue weighted by atomic mass is 16.3. The van der Waals surface area contributed by atoms with Crippen LogP contribution in [-0.4, -0.2) is 23.9 Å². The number of hydrogen-bond acceptors (Lipinski definition) is 2. The first kappa shape index (κ1) is 11.2. The van der Waals surface area contributed by atoms with Crippen molar-refractivity contribution in [1.29, 1.82) is 0 Å². The van der Waals surface area contributed by atoms with Gasteiger partial charge < -0.3 is 9.32 Å². The molecule has 0 spiro atoms. The Morgan fingerprint density at radius 3 is 2.81 bits per heavy atom. The van der Waals surface area contributed by atoms with E-state index in [9.17, 15) is 4.79 Å². The van der Waals surface area contributed by atoms with Crippen molar-refractivity contribution in [3.8, 4) is 0 Å². The van der Waals surface area contributed by atoms with Gasteiger partial charge in [0.15, 0.2) is 0 Å². The van der Waals surface area contributed by atoms with E-state index in [1.165, 1.54) is 0 Å². The molecule has 0 radical (unpaired) electrons. The van der Waals surface area contributed by atoms with Crippen LogP contribution in [0, 0.1) is 5.41 Å². The first-order chi connectivity index (χ1) is 7.48. The van der Waals surface area contributed by atoms with Gasteiger partial charge in [0.2, 0.25) is 5.91 Å². The summed E-state index contributed by atoms with van der Waals surface area (Å²) in [6.45, 7) is 7.55. The van der Waals surface area contributed by atoms with Gasteiger partial charge in [0.05, 0.1) is 6.26 Å². The fraction of sp³-hybridized carbons (Fsp3) is 0.615. The van der Waals surface area contributed by atoms with E-state index < -0.39 is 0 Å². The van der Waals surface area contributed by atoms with Gasteiger partial charge in [-0.25, -0.2) is 0 Å². The van der Waals surface area contributed by atoms with Crippen LogP contribution in [-0.2, 0) is 4.79 Å². The van der Waals surface area contributed by atoms with Crippen molar-refractivity contribution >= 4 is 5.91 Å². The second kappa shape index (κ2) is 3.96. The summed E-state index contributed by atoms with van der Waals surface area (Å²) < 4.78 is 5.39. The number of furan rings is 1. The number of carbonyl (C=O) groups excluding carboxylic acids is 1. The minimum Gasteiger partial charge on any atom is -0.469 e. The van der Waals surface area contributed by atoms with Crippen molar-refractivity contribution < 1.29 is 9.21 Å². The maximum atomic E-state index is 12.1. The number of likely N-dealkylation sites (tertiary alicyclic amines) is 1. The zero-order valence-electron chi connectivity index (χ0n) is 10.2. The van der Waals surface area contributed by atoms with Crippen LogP contribution in [0.2, 0.25) is 0 Å². The van der Waals surface area contributed by atoms with Crippen molar-refractivity contribution in [2.24, 2.45) is 5.41 Å². The lowest BCUT2D eigenvalue weighted by atomic mass is 9.95. The molecule has 0 N–H and O–H groups in total. The third-order valence-corrected chi connectivity index (χ3v) is 3.06. The monoisotopic (exact) mass is 221 g/mol. The molecule has 0 aromatic carbocycles. The highest BCUT2D eigenvalue weighted by Crippen LogP contribution is 2.30. The van der Waals surface area contributed by atoms with Crippen LogP contribution in [0.4, 0.5) is 0 Å². The number of amides is 1. The third-order valence-electron chi connectivity index (χ3n) is 3.06. The van der Waals surface area contributed by atoms with Crippen molar-refractivity contribution in [3.05, 3.63) is 24.2 Å². The highest BCUT2D eigenvalue weighted by molar-refractivity contribution is 5.81. The van der Waals surface area contributed by atoms with Gasteiger partial charge in [-0.15, -0.1) is 0 Å². The fourth-order valence-electron chi connectivity index (χ4n) is 2.17. The van der Waals surface area contributed by atoms with E-state index in [1.54, 1.807) is 6.26 Å². The maximum absolute atomic E-state index is 12.1. The van der Waals surface area contributed by atoms with Crippen LogP contribution in [0.25, 0.3) is 0 Å². The predicted molar refractivity (Wildman–Crippen MR) is 62.1 cm³/mol. The number of hydrogen-bond donors (Lipinski definition) is 0. The SMILES string of the molecule is CC(C)(C)C(=O)N1CCC(c2ccco2)C1. The van der Waals surface area contributed by atoms with Gasteiger partial charge in [0, 0.05) is 24.4 Å². The van der Waals surface area contributed by atoms with Gasteiger partial charge in [-0.1, -0.05) is 20.8 Å². The molecule has 0 saturated carbocycles. The van der Waals surface area contributed by atoms with Gasteiger partial charge in [-0.2, -0.15) is 0 Å². The Morgan fingerprint density at radius 2 is 2.25 bits per heavy atom. The standard InChI is InChI=1S/C13H19NO2/c1-13(2,3)12(15)14-7-6-10(9-14)11-5-4-8-16-11/h4-5,8,10H,6-7,9H2,1-3H3. The summed E-state index contributed by atoms with van der Waals surface area (Å²) in [4.78, 5) is 14.0. The predicted octanol–water partition coefficient (Wildman–Crippen LogP) is 2.64. The van der Waals surface area contributed by atoms with Crippen LogP contribution >= 0.6 is 0 Å². The Morgan fingerprint density at radius 1 is 1.50 bits per heavy atom. The van der Waals surface area contributed by atoms with E-state index >= 15 is 0 Å². The summed E-state index contributed by atoms with van der Waals surface area (Å²) in [6, 6.07) is 3.90. The molecule has 1 fully saturated rings. The second-order valence-corrected chi connectivity index (χ2v) is 5.50. The average Bonchev–Trinajstić information content (AvgIpc) is 2.85. The fourth-order valence-corrected chi connectivity index (χ4v) is 2.17. The lowest BCUT2D eigenvalue weighted by Crippen LogP contribution is -2.37. The highest BCUT2D eigenvalue weighted by Gasteiger charge is 2.34. The second-order valence-electron chi connectivity index (χ2n) is 5.50. The minimum atomic E-state index is -0.280. The molecule has 1 aliphatic rings. The Kier molecular flexibility index (Phi) is 2.78. The molecule has 1 aliphatic heterocycles. The van der Waals surface area contributed by atoms with Crippen LogP contribution in [0.5, 0.6) is 0 Å². The largest absolute Gasteiger partial charge is 0.469 e. The van der Waals surface area contributed by atoms with Crippen molar-refractivity contribution in [2.45, 2.75) is 33.1 Å². The summed E-state index contributed by atoms with van der Waals surface area (Å²) in [5.41, 5.74) is -0.280. The topological polar surface area (TPSA) is 33.5 Å². The van der Waals surface area contributed by atoms with Crippen LogP contribution in [0.3, 0.4) is 0 Å². The van der Waals surface area contributed by atoms with E-state index in [0.717, 1.165) is 25.3 Å². The molecular formula is C13H19NO2. The van der Waals surface area contributed by atoms with E-state index in [1.807, 2.05) is 37.8 Å². The maximum Gasteiger partial charge on any atom is 0.227 e. The zero-order chi connectivity index (χ0) is 11.8.